The van der Waals surface area contributed by atoms with E-state index >= 15 is 0 Å². The van der Waals surface area contributed by atoms with E-state index in [1.54, 1.807) is 0 Å². The molecule has 2 aromatic rings. The molecule has 2 atom stereocenters. The van der Waals surface area contributed by atoms with Crippen LogP contribution in [-0.2, 0) is 25.0 Å². The van der Waals surface area contributed by atoms with Crippen LogP contribution < -0.4 is 0 Å². The Bertz CT molecular complexity index is 628. The molecule has 1 N–H and O–H groups in total. The van der Waals surface area contributed by atoms with Gasteiger partial charge in [0.25, 0.3) is 0 Å². The molecule has 4 rings (SSSR count). The number of fused-ring (bicyclic) bond motifs is 3. The maximum Gasteiger partial charge on any atom is 0.141 e. The Morgan fingerprint density at radius 2 is 1.81 bits per heavy atom. The standard InChI is InChI=1S/C18H22N2O/c1-2-20-10-9-19-17(20)18(21)15-7-8-16(18)12-14-6-4-3-5-13(14)11-15/h3-6,9-10,15-16,21H,2,7-8,11-12H2,1H3. The molecule has 1 fully saturated rings. The first-order valence-corrected chi connectivity index (χ1v) is 8.04. The Hall–Kier alpha value is -1.61. The number of aliphatic hydroxyl groups is 1. The molecular formula is C18H22N2O. The largest absolute Gasteiger partial charge is 0.381 e. The van der Waals surface area contributed by atoms with Crippen LogP contribution in [0.5, 0.6) is 0 Å². The van der Waals surface area contributed by atoms with Gasteiger partial charge in [0.1, 0.15) is 11.4 Å². The lowest BCUT2D eigenvalue weighted by Crippen LogP contribution is -2.40. The van der Waals surface area contributed by atoms with Crippen molar-refractivity contribution in [2.75, 3.05) is 0 Å². The van der Waals surface area contributed by atoms with Crippen molar-refractivity contribution in [2.45, 2.75) is 44.8 Å². The van der Waals surface area contributed by atoms with Crippen molar-refractivity contribution in [3.8, 4) is 0 Å². The third kappa shape index (κ3) is 1.80. The third-order valence-electron chi connectivity index (χ3n) is 5.57. The molecule has 3 nitrogen and oxygen atoms in total. The predicted octanol–water partition coefficient (Wildman–Crippen LogP) is 2.92. The van der Waals surface area contributed by atoms with E-state index < -0.39 is 5.60 Å². The van der Waals surface area contributed by atoms with Crippen LogP contribution in [0.2, 0.25) is 0 Å². The van der Waals surface area contributed by atoms with E-state index in [0.717, 1.165) is 38.1 Å². The molecular weight excluding hydrogens is 260 g/mol. The van der Waals surface area contributed by atoms with E-state index in [9.17, 15) is 5.11 Å². The maximum absolute atomic E-state index is 11.6. The fourth-order valence-corrected chi connectivity index (χ4v) is 4.46. The Balaban J connectivity index is 1.81. The van der Waals surface area contributed by atoms with Gasteiger partial charge in [0.2, 0.25) is 0 Å². The SMILES string of the molecule is CCn1ccnc1C1(O)C2CCC1Cc1ccccc1C2. The smallest absolute Gasteiger partial charge is 0.141 e. The molecule has 0 aliphatic heterocycles. The highest BCUT2D eigenvalue weighted by molar-refractivity contribution is 5.33. The number of aryl methyl sites for hydroxylation is 1. The predicted molar refractivity (Wildman–Crippen MR) is 81.9 cm³/mol. The minimum atomic E-state index is -0.765. The van der Waals surface area contributed by atoms with Crippen molar-refractivity contribution in [3.63, 3.8) is 0 Å². The molecule has 2 aliphatic carbocycles. The van der Waals surface area contributed by atoms with E-state index in [4.69, 9.17) is 0 Å². The van der Waals surface area contributed by atoms with Crippen LogP contribution >= 0.6 is 0 Å². The lowest BCUT2D eigenvalue weighted by molar-refractivity contribution is -0.0501. The summed E-state index contributed by atoms with van der Waals surface area (Å²) < 4.78 is 2.11. The average Bonchev–Trinajstić information content (AvgIpc) is 3.04. The molecule has 1 aromatic carbocycles. The number of hydrogen-bond acceptors (Lipinski definition) is 2. The quantitative estimate of drug-likeness (QED) is 0.919. The highest BCUT2D eigenvalue weighted by Crippen LogP contribution is 2.52. The zero-order chi connectivity index (χ0) is 14.4. The summed E-state index contributed by atoms with van der Waals surface area (Å²) in [6.07, 6.45) is 7.97. The molecule has 0 spiro atoms. The fourth-order valence-electron chi connectivity index (χ4n) is 4.46. The van der Waals surface area contributed by atoms with E-state index in [-0.39, 0.29) is 0 Å². The van der Waals surface area contributed by atoms with Gasteiger partial charge < -0.3 is 9.67 Å². The lowest BCUT2D eigenvalue weighted by Gasteiger charge is -2.33. The summed E-state index contributed by atoms with van der Waals surface area (Å²) in [6, 6.07) is 8.68. The number of benzene rings is 1. The van der Waals surface area contributed by atoms with Gasteiger partial charge in [-0.05, 0) is 55.6 Å². The molecule has 1 saturated carbocycles. The Labute approximate surface area is 125 Å². The number of rotatable bonds is 2. The topological polar surface area (TPSA) is 38.0 Å². The summed E-state index contributed by atoms with van der Waals surface area (Å²) in [4.78, 5) is 4.54. The minimum Gasteiger partial charge on any atom is -0.381 e. The van der Waals surface area contributed by atoms with Crippen LogP contribution in [0.1, 0.15) is 36.7 Å². The summed E-state index contributed by atoms with van der Waals surface area (Å²) in [6.45, 7) is 2.98. The lowest BCUT2D eigenvalue weighted by atomic mass is 9.81. The molecule has 1 aromatic heterocycles. The van der Waals surface area contributed by atoms with E-state index in [1.165, 1.54) is 11.1 Å². The van der Waals surface area contributed by atoms with Gasteiger partial charge in [0, 0.05) is 18.9 Å². The van der Waals surface area contributed by atoms with Gasteiger partial charge in [-0.3, -0.25) is 0 Å². The first-order chi connectivity index (χ1) is 10.2. The van der Waals surface area contributed by atoms with Crippen LogP contribution in [0.15, 0.2) is 36.7 Å². The first-order valence-electron chi connectivity index (χ1n) is 8.04. The summed E-state index contributed by atoms with van der Waals surface area (Å²) in [5, 5.41) is 11.6. The van der Waals surface area contributed by atoms with Gasteiger partial charge in [0.05, 0.1) is 0 Å². The Morgan fingerprint density at radius 1 is 1.19 bits per heavy atom. The normalized spacial score (nSPS) is 31.0. The van der Waals surface area contributed by atoms with Crippen LogP contribution in [0.25, 0.3) is 0 Å². The van der Waals surface area contributed by atoms with E-state index in [0.29, 0.717) is 11.8 Å². The van der Waals surface area contributed by atoms with Gasteiger partial charge in [-0.15, -0.1) is 0 Å². The second-order valence-corrected chi connectivity index (χ2v) is 6.51. The van der Waals surface area contributed by atoms with Gasteiger partial charge in [-0.2, -0.15) is 0 Å². The van der Waals surface area contributed by atoms with Crippen molar-refractivity contribution >= 4 is 0 Å². The second kappa shape index (κ2) is 4.70. The highest BCUT2D eigenvalue weighted by atomic mass is 16.3. The van der Waals surface area contributed by atoms with Crippen molar-refractivity contribution in [2.24, 2.45) is 11.8 Å². The number of imidazole rings is 1. The third-order valence-corrected chi connectivity index (χ3v) is 5.57. The Morgan fingerprint density at radius 3 is 2.38 bits per heavy atom. The number of aromatic nitrogens is 2. The minimum absolute atomic E-state index is 0.291. The van der Waals surface area contributed by atoms with Crippen molar-refractivity contribution in [1.29, 1.82) is 0 Å². The number of hydrogen-bond donors (Lipinski definition) is 1. The molecule has 3 heteroatoms. The zero-order valence-corrected chi connectivity index (χ0v) is 12.5. The molecule has 2 unspecified atom stereocenters. The first kappa shape index (κ1) is 13.1. The summed E-state index contributed by atoms with van der Waals surface area (Å²) in [7, 11) is 0. The van der Waals surface area contributed by atoms with Crippen molar-refractivity contribution < 1.29 is 5.11 Å². The van der Waals surface area contributed by atoms with Gasteiger partial charge in [-0.1, -0.05) is 24.3 Å². The maximum atomic E-state index is 11.6. The highest BCUT2D eigenvalue weighted by Gasteiger charge is 2.53. The molecule has 2 aliphatic rings. The van der Waals surface area contributed by atoms with Crippen LogP contribution in [0.4, 0.5) is 0 Å². The molecule has 1 heterocycles. The molecule has 21 heavy (non-hydrogen) atoms. The number of nitrogens with zero attached hydrogens (tertiary/aromatic N) is 2. The Kier molecular flexibility index (Phi) is 2.93. The zero-order valence-electron chi connectivity index (χ0n) is 12.5. The summed E-state index contributed by atoms with van der Waals surface area (Å²) in [5.41, 5.74) is 2.06. The fraction of sp³-hybridized carbons (Fsp3) is 0.500. The summed E-state index contributed by atoms with van der Waals surface area (Å²) in [5.74, 6) is 1.46. The van der Waals surface area contributed by atoms with E-state index in [2.05, 4.69) is 40.7 Å². The van der Waals surface area contributed by atoms with Crippen molar-refractivity contribution in [3.05, 3.63) is 53.6 Å². The van der Waals surface area contributed by atoms with Crippen molar-refractivity contribution in [1.82, 2.24) is 9.55 Å². The molecule has 0 saturated heterocycles. The average molecular weight is 282 g/mol. The van der Waals surface area contributed by atoms with E-state index in [1.807, 2.05) is 12.4 Å². The van der Waals surface area contributed by atoms with Crippen LogP contribution in [0.3, 0.4) is 0 Å². The van der Waals surface area contributed by atoms with Gasteiger partial charge >= 0.3 is 0 Å². The van der Waals surface area contributed by atoms with Crippen LogP contribution in [0, 0.1) is 11.8 Å². The summed E-state index contributed by atoms with van der Waals surface area (Å²) >= 11 is 0. The van der Waals surface area contributed by atoms with Gasteiger partial charge in [-0.25, -0.2) is 4.98 Å². The monoisotopic (exact) mass is 282 g/mol. The molecule has 0 radical (unpaired) electrons. The second-order valence-electron chi connectivity index (χ2n) is 6.51. The molecule has 2 bridgehead atoms. The molecule has 0 amide bonds. The molecule has 110 valence electrons. The van der Waals surface area contributed by atoms with Gasteiger partial charge in [0.15, 0.2) is 0 Å². The van der Waals surface area contributed by atoms with Crippen LogP contribution in [-0.4, -0.2) is 14.7 Å².